The van der Waals surface area contributed by atoms with Crippen LogP contribution < -0.4 is 0 Å². The van der Waals surface area contributed by atoms with E-state index in [1.165, 1.54) is 0 Å². The molecule has 2 aromatic carbocycles. The molecule has 150 valence electrons. The van der Waals surface area contributed by atoms with Crippen molar-refractivity contribution in [3.05, 3.63) is 65.2 Å². The van der Waals surface area contributed by atoms with Gasteiger partial charge in [-0.2, -0.15) is 17.5 Å². The Morgan fingerprint density at radius 2 is 1.61 bits per heavy atom. The molecule has 0 unspecified atom stereocenters. The molecule has 0 bridgehead atoms. The van der Waals surface area contributed by atoms with E-state index in [0.717, 1.165) is 28.1 Å². The molecule has 9 heteroatoms. The largest absolute Gasteiger partial charge is 0.416 e. The highest BCUT2D eigenvalue weighted by atomic mass is 32.2. The molecule has 1 aliphatic heterocycles. The number of amides is 1. The van der Waals surface area contributed by atoms with Crippen LogP contribution in [0.4, 0.5) is 13.2 Å². The van der Waals surface area contributed by atoms with Crippen molar-refractivity contribution in [2.45, 2.75) is 18.0 Å². The van der Waals surface area contributed by atoms with E-state index < -0.39 is 26.7 Å². The molecule has 2 aromatic rings. The number of halogens is 3. The van der Waals surface area contributed by atoms with Crippen molar-refractivity contribution >= 4 is 15.9 Å². The van der Waals surface area contributed by atoms with Gasteiger partial charge in [0.25, 0.3) is 5.91 Å². The summed E-state index contributed by atoms with van der Waals surface area (Å²) in [6.45, 7) is 2.26. The molecular weight excluding hydrogens is 393 g/mol. The van der Waals surface area contributed by atoms with Crippen molar-refractivity contribution in [1.29, 1.82) is 0 Å². The number of aryl methyl sites for hydroxylation is 1. The average molecular weight is 412 g/mol. The first-order chi connectivity index (χ1) is 13.1. The minimum absolute atomic E-state index is 0.0239. The van der Waals surface area contributed by atoms with Crippen LogP contribution in [-0.2, 0) is 16.2 Å². The zero-order valence-electron chi connectivity index (χ0n) is 15.1. The van der Waals surface area contributed by atoms with Crippen molar-refractivity contribution in [2.75, 3.05) is 26.2 Å². The number of alkyl halides is 3. The fraction of sp³-hybridized carbons (Fsp3) is 0.316. The highest BCUT2D eigenvalue weighted by Crippen LogP contribution is 2.31. The molecule has 0 saturated carbocycles. The number of nitrogens with zero attached hydrogens (tertiary/aromatic N) is 2. The highest BCUT2D eigenvalue weighted by Gasteiger charge is 2.34. The Bertz CT molecular complexity index is 982. The van der Waals surface area contributed by atoms with Gasteiger partial charge >= 0.3 is 6.18 Å². The van der Waals surface area contributed by atoms with E-state index in [1.807, 2.05) is 13.0 Å². The molecule has 28 heavy (non-hydrogen) atoms. The maximum Gasteiger partial charge on any atom is 0.416 e. The Morgan fingerprint density at radius 1 is 0.964 bits per heavy atom. The summed E-state index contributed by atoms with van der Waals surface area (Å²) in [6, 6.07) is 10.8. The summed E-state index contributed by atoms with van der Waals surface area (Å²) in [5, 5.41) is 0. The zero-order valence-corrected chi connectivity index (χ0v) is 15.9. The van der Waals surface area contributed by atoms with Gasteiger partial charge in [-0.05, 0) is 37.3 Å². The van der Waals surface area contributed by atoms with Crippen LogP contribution in [0.25, 0.3) is 0 Å². The van der Waals surface area contributed by atoms with Gasteiger partial charge in [-0.3, -0.25) is 4.79 Å². The second-order valence-corrected chi connectivity index (χ2v) is 8.53. The van der Waals surface area contributed by atoms with Crippen molar-refractivity contribution in [3.63, 3.8) is 0 Å². The first-order valence-corrected chi connectivity index (χ1v) is 10.1. The topological polar surface area (TPSA) is 57.7 Å². The normalized spacial score (nSPS) is 16.2. The molecule has 1 amide bonds. The summed E-state index contributed by atoms with van der Waals surface area (Å²) in [7, 11) is -4.07. The van der Waals surface area contributed by atoms with E-state index in [0.29, 0.717) is 11.6 Å². The molecule has 0 aliphatic carbocycles. The number of sulfonamides is 1. The summed E-state index contributed by atoms with van der Waals surface area (Å²) in [4.78, 5) is 13.7. The average Bonchev–Trinajstić information content (AvgIpc) is 2.67. The number of hydrogen-bond donors (Lipinski definition) is 0. The maximum atomic E-state index is 12.9. The molecule has 0 N–H and O–H groups in total. The van der Waals surface area contributed by atoms with Crippen molar-refractivity contribution in [2.24, 2.45) is 0 Å². The van der Waals surface area contributed by atoms with E-state index in [4.69, 9.17) is 0 Å². The lowest BCUT2D eigenvalue weighted by Crippen LogP contribution is -2.50. The molecule has 1 aliphatic rings. The molecule has 0 aromatic heterocycles. The van der Waals surface area contributed by atoms with E-state index >= 15 is 0 Å². The number of piperazine rings is 1. The van der Waals surface area contributed by atoms with Crippen molar-refractivity contribution in [3.8, 4) is 0 Å². The summed E-state index contributed by atoms with van der Waals surface area (Å²) in [5.74, 6) is -0.195. The summed E-state index contributed by atoms with van der Waals surface area (Å²) in [5.41, 5.74) is 0.452. The summed E-state index contributed by atoms with van der Waals surface area (Å²) >= 11 is 0. The second kappa shape index (κ2) is 7.56. The molecule has 0 spiro atoms. The third kappa shape index (κ3) is 4.20. The Morgan fingerprint density at radius 3 is 2.21 bits per heavy atom. The first kappa shape index (κ1) is 20.3. The number of rotatable bonds is 3. The Labute approximate surface area is 161 Å². The molecule has 3 rings (SSSR count). The number of carbonyl (C=O) groups excluding carboxylic acids is 1. The van der Waals surface area contributed by atoms with Gasteiger partial charge < -0.3 is 4.90 Å². The monoisotopic (exact) mass is 412 g/mol. The Balaban J connectivity index is 1.73. The van der Waals surface area contributed by atoms with Crippen molar-refractivity contribution < 1.29 is 26.4 Å². The minimum Gasteiger partial charge on any atom is -0.336 e. The van der Waals surface area contributed by atoms with Crippen LogP contribution >= 0.6 is 0 Å². The molecule has 5 nitrogen and oxygen atoms in total. The smallest absolute Gasteiger partial charge is 0.336 e. The van der Waals surface area contributed by atoms with Crippen LogP contribution in [0, 0.1) is 6.92 Å². The third-order valence-electron chi connectivity index (χ3n) is 4.59. The predicted molar refractivity (Wildman–Crippen MR) is 97.3 cm³/mol. The fourth-order valence-electron chi connectivity index (χ4n) is 3.07. The minimum atomic E-state index is -4.62. The van der Waals surface area contributed by atoms with Crippen LogP contribution in [-0.4, -0.2) is 49.7 Å². The Hall–Kier alpha value is -2.39. The van der Waals surface area contributed by atoms with Crippen LogP contribution in [0.1, 0.15) is 21.5 Å². The molecule has 0 atom stereocenters. The molecule has 1 heterocycles. The van der Waals surface area contributed by atoms with Gasteiger partial charge in [0.05, 0.1) is 10.5 Å². The molecule has 1 saturated heterocycles. The van der Waals surface area contributed by atoms with Gasteiger partial charge in [0.1, 0.15) is 0 Å². The summed E-state index contributed by atoms with van der Waals surface area (Å²) in [6.07, 6.45) is -4.62. The van der Waals surface area contributed by atoms with E-state index in [2.05, 4.69) is 0 Å². The van der Waals surface area contributed by atoms with Gasteiger partial charge in [-0.15, -0.1) is 0 Å². The van der Waals surface area contributed by atoms with E-state index in [9.17, 15) is 26.4 Å². The lowest BCUT2D eigenvalue weighted by Gasteiger charge is -2.34. The Kier molecular flexibility index (Phi) is 5.49. The molecular formula is C19H19F3N2O3S. The van der Waals surface area contributed by atoms with Gasteiger partial charge in [-0.1, -0.05) is 23.8 Å². The lowest BCUT2D eigenvalue weighted by molar-refractivity contribution is -0.137. The van der Waals surface area contributed by atoms with Gasteiger partial charge in [0.2, 0.25) is 10.0 Å². The SMILES string of the molecule is Cc1cccc(C(=O)N2CCN(S(=O)(=O)c3cccc(C(F)(F)F)c3)CC2)c1. The number of carbonyl (C=O) groups is 1. The maximum absolute atomic E-state index is 12.9. The van der Waals surface area contributed by atoms with Crippen LogP contribution in [0.3, 0.4) is 0 Å². The van der Waals surface area contributed by atoms with E-state index in [1.54, 1.807) is 23.1 Å². The van der Waals surface area contributed by atoms with Crippen molar-refractivity contribution in [1.82, 2.24) is 9.21 Å². The third-order valence-corrected chi connectivity index (χ3v) is 6.48. The first-order valence-electron chi connectivity index (χ1n) is 8.62. The highest BCUT2D eigenvalue weighted by molar-refractivity contribution is 7.89. The predicted octanol–water partition coefficient (Wildman–Crippen LogP) is 3.16. The zero-order chi connectivity index (χ0) is 20.5. The number of hydrogen-bond acceptors (Lipinski definition) is 3. The number of benzene rings is 2. The van der Waals surface area contributed by atoms with Crippen LogP contribution in [0.2, 0.25) is 0 Å². The molecule has 0 radical (unpaired) electrons. The second-order valence-electron chi connectivity index (χ2n) is 6.59. The quantitative estimate of drug-likeness (QED) is 0.778. The van der Waals surface area contributed by atoms with Crippen LogP contribution in [0.5, 0.6) is 0 Å². The van der Waals surface area contributed by atoms with Gasteiger partial charge in [0.15, 0.2) is 0 Å². The lowest BCUT2D eigenvalue weighted by atomic mass is 10.1. The fourth-order valence-corrected chi connectivity index (χ4v) is 4.54. The van der Waals surface area contributed by atoms with Crippen LogP contribution in [0.15, 0.2) is 53.4 Å². The van der Waals surface area contributed by atoms with Gasteiger partial charge in [-0.25, -0.2) is 8.42 Å². The standard InChI is InChI=1S/C19H19F3N2O3S/c1-14-4-2-5-15(12-14)18(25)23-8-10-24(11-9-23)28(26,27)17-7-3-6-16(13-17)19(20,21)22/h2-7,12-13H,8-11H2,1H3. The summed E-state index contributed by atoms with van der Waals surface area (Å²) < 4.78 is 65.2. The molecule has 1 fully saturated rings. The van der Waals surface area contributed by atoms with E-state index in [-0.39, 0.29) is 32.1 Å². The van der Waals surface area contributed by atoms with Gasteiger partial charge in [0, 0.05) is 31.7 Å².